The second-order valence-electron chi connectivity index (χ2n) is 5.32. The third-order valence-corrected chi connectivity index (χ3v) is 3.61. The van der Waals surface area contributed by atoms with Crippen LogP contribution in [0, 0.1) is 6.92 Å². The number of likely N-dealkylation sites (N-methyl/N-ethyl adjacent to an activating group) is 1. The van der Waals surface area contributed by atoms with Crippen LogP contribution in [0.5, 0.6) is 5.75 Å². The van der Waals surface area contributed by atoms with Crippen LogP contribution in [-0.2, 0) is 6.42 Å². The molecule has 0 saturated heterocycles. The van der Waals surface area contributed by atoms with Gasteiger partial charge < -0.3 is 9.64 Å². The fraction of sp³-hybridized carbons (Fsp3) is 0.625. The van der Waals surface area contributed by atoms with Crippen LogP contribution < -0.4 is 4.74 Å². The van der Waals surface area contributed by atoms with Crippen molar-refractivity contribution in [3.8, 4) is 5.75 Å². The zero-order valence-corrected chi connectivity index (χ0v) is 12.7. The van der Waals surface area contributed by atoms with Gasteiger partial charge >= 0.3 is 0 Å². The molecular formula is C16H27NO. The zero-order valence-electron chi connectivity index (χ0n) is 12.7. The van der Waals surface area contributed by atoms with Crippen molar-refractivity contribution in [2.75, 3.05) is 27.2 Å². The van der Waals surface area contributed by atoms with E-state index in [1.165, 1.54) is 16.7 Å². The molecule has 0 bridgehead atoms. The third-order valence-electron chi connectivity index (χ3n) is 3.61. The average molecular weight is 249 g/mol. The largest absolute Gasteiger partial charge is 0.496 e. The lowest BCUT2D eigenvalue weighted by Gasteiger charge is -2.18. The summed E-state index contributed by atoms with van der Waals surface area (Å²) in [5.74, 6) is 1.53. The van der Waals surface area contributed by atoms with Crippen molar-refractivity contribution in [3.63, 3.8) is 0 Å². The van der Waals surface area contributed by atoms with Gasteiger partial charge in [-0.05, 0) is 55.6 Å². The molecule has 0 spiro atoms. The van der Waals surface area contributed by atoms with E-state index in [1.54, 1.807) is 7.11 Å². The lowest BCUT2D eigenvalue weighted by Crippen LogP contribution is -2.20. The summed E-state index contributed by atoms with van der Waals surface area (Å²) >= 11 is 0. The average Bonchev–Trinajstić information content (AvgIpc) is 2.35. The monoisotopic (exact) mass is 249 g/mol. The molecule has 0 amide bonds. The van der Waals surface area contributed by atoms with Crippen molar-refractivity contribution >= 4 is 0 Å². The van der Waals surface area contributed by atoms with Gasteiger partial charge in [0.1, 0.15) is 5.75 Å². The van der Waals surface area contributed by atoms with Gasteiger partial charge in [-0.25, -0.2) is 0 Å². The Morgan fingerprint density at radius 3 is 2.44 bits per heavy atom. The summed E-state index contributed by atoms with van der Waals surface area (Å²) < 4.78 is 5.48. The maximum absolute atomic E-state index is 5.48. The number of rotatable bonds is 6. The maximum Gasteiger partial charge on any atom is 0.122 e. The highest BCUT2D eigenvalue weighted by Gasteiger charge is 2.11. The Hall–Kier alpha value is -1.02. The Bertz CT molecular complexity index is 385. The molecule has 2 nitrogen and oxygen atoms in total. The van der Waals surface area contributed by atoms with Crippen molar-refractivity contribution in [1.29, 1.82) is 0 Å². The molecule has 0 N–H and O–H groups in total. The SMILES string of the molecule is CCN(C)CCc1cc(C(C)C)c(OC)cc1C. The Morgan fingerprint density at radius 1 is 1.28 bits per heavy atom. The normalized spacial score (nSPS) is 11.3. The Kier molecular flexibility index (Phi) is 5.67. The van der Waals surface area contributed by atoms with Crippen LogP contribution in [0.25, 0.3) is 0 Å². The molecular weight excluding hydrogens is 222 g/mol. The lowest BCUT2D eigenvalue weighted by molar-refractivity contribution is 0.357. The molecule has 0 aromatic heterocycles. The van der Waals surface area contributed by atoms with Gasteiger partial charge in [-0.15, -0.1) is 0 Å². The van der Waals surface area contributed by atoms with E-state index >= 15 is 0 Å². The van der Waals surface area contributed by atoms with E-state index in [0.717, 1.165) is 25.3 Å². The first-order chi connectivity index (χ1) is 8.49. The van der Waals surface area contributed by atoms with Gasteiger partial charge in [-0.3, -0.25) is 0 Å². The summed E-state index contributed by atoms with van der Waals surface area (Å²) in [6.07, 6.45) is 1.11. The number of methoxy groups -OCH3 is 1. The predicted octanol–water partition coefficient (Wildman–Crippen LogP) is 3.62. The van der Waals surface area contributed by atoms with Crippen molar-refractivity contribution in [1.82, 2.24) is 4.90 Å². The van der Waals surface area contributed by atoms with Crippen LogP contribution >= 0.6 is 0 Å². The topological polar surface area (TPSA) is 12.5 Å². The van der Waals surface area contributed by atoms with E-state index in [9.17, 15) is 0 Å². The standard InChI is InChI=1S/C16H27NO/c1-7-17(5)9-8-14-11-15(12(2)3)16(18-6)10-13(14)4/h10-12H,7-9H2,1-6H3. The maximum atomic E-state index is 5.48. The molecule has 0 heterocycles. The minimum Gasteiger partial charge on any atom is -0.496 e. The summed E-state index contributed by atoms with van der Waals surface area (Å²) in [6, 6.07) is 4.50. The molecule has 1 aromatic rings. The number of hydrogen-bond acceptors (Lipinski definition) is 2. The van der Waals surface area contributed by atoms with E-state index in [2.05, 4.69) is 51.8 Å². The van der Waals surface area contributed by atoms with Crippen LogP contribution in [0.15, 0.2) is 12.1 Å². The van der Waals surface area contributed by atoms with Crippen molar-refractivity contribution < 1.29 is 4.74 Å². The molecule has 1 rings (SSSR count). The van der Waals surface area contributed by atoms with Gasteiger partial charge in [0.15, 0.2) is 0 Å². The summed E-state index contributed by atoms with van der Waals surface area (Å²) in [6.45, 7) is 11.0. The van der Waals surface area contributed by atoms with Crippen molar-refractivity contribution in [2.45, 2.75) is 40.0 Å². The molecule has 2 heteroatoms. The van der Waals surface area contributed by atoms with Crippen LogP contribution in [-0.4, -0.2) is 32.1 Å². The Balaban J connectivity index is 2.95. The quantitative estimate of drug-likeness (QED) is 0.763. The fourth-order valence-corrected chi connectivity index (χ4v) is 2.11. The molecule has 0 unspecified atom stereocenters. The minimum atomic E-state index is 0.503. The zero-order chi connectivity index (χ0) is 13.7. The van der Waals surface area contributed by atoms with Crippen molar-refractivity contribution in [2.24, 2.45) is 0 Å². The molecule has 102 valence electrons. The van der Waals surface area contributed by atoms with Gasteiger partial charge in [-0.2, -0.15) is 0 Å². The lowest BCUT2D eigenvalue weighted by atomic mass is 9.95. The fourth-order valence-electron chi connectivity index (χ4n) is 2.11. The van der Waals surface area contributed by atoms with Gasteiger partial charge in [0, 0.05) is 6.54 Å². The van der Waals surface area contributed by atoms with Gasteiger partial charge in [0.2, 0.25) is 0 Å². The van der Waals surface area contributed by atoms with E-state index < -0.39 is 0 Å². The highest BCUT2D eigenvalue weighted by Crippen LogP contribution is 2.29. The van der Waals surface area contributed by atoms with Crippen LogP contribution in [0.2, 0.25) is 0 Å². The van der Waals surface area contributed by atoms with E-state index in [0.29, 0.717) is 5.92 Å². The van der Waals surface area contributed by atoms with Crippen molar-refractivity contribution in [3.05, 3.63) is 28.8 Å². The van der Waals surface area contributed by atoms with Crippen LogP contribution in [0.1, 0.15) is 43.4 Å². The number of aryl methyl sites for hydroxylation is 1. The predicted molar refractivity (Wildman–Crippen MR) is 78.7 cm³/mol. The first-order valence-electron chi connectivity index (χ1n) is 6.85. The highest BCUT2D eigenvalue weighted by atomic mass is 16.5. The molecule has 1 aromatic carbocycles. The second kappa shape index (κ2) is 6.79. The number of hydrogen-bond donors (Lipinski definition) is 0. The second-order valence-corrected chi connectivity index (χ2v) is 5.32. The highest BCUT2D eigenvalue weighted by molar-refractivity contribution is 5.44. The number of benzene rings is 1. The molecule has 0 aliphatic carbocycles. The molecule has 0 saturated carbocycles. The number of nitrogens with zero attached hydrogens (tertiary/aromatic N) is 1. The van der Waals surface area contributed by atoms with Gasteiger partial charge in [0.25, 0.3) is 0 Å². The first-order valence-corrected chi connectivity index (χ1v) is 6.85. The van der Waals surface area contributed by atoms with E-state index in [1.807, 2.05) is 0 Å². The molecule has 0 aliphatic heterocycles. The van der Waals surface area contributed by atoms with Crippen LogP contribution in [0.3, 0.4) is 0 Å². The Labute approximate surface area is 112 Å². The Morgan fingerprint density at radius 2 is 1.94 bits per heavy atom. The number of ether oxygens (including phenoxy) is 1. The van der Waals surface area contributed by atoms with E-state index in [-0.39, 0.29) is 0 Å². The molecule has 0 aliphatic rings. The summed E-state index contributed by atoms with van der Waals surface area (Å²) in [7, 11) is 3.92. The van der Waals surface area contributed by atoms with Gasteiger partial charge in [-0.1, -0.05) is 26.8 Å². The summed E-state index contributed by atoms with van der Waals surface area (Å²) in [4.78, 5) is 2.35. The van der Waals surface area contributed by atoms with Crippen LogP contribution in [0.4, 0.5) is 0 Å². The molecule has 0 radical (unpaired) electrons. The molecule has 0 atom stereocenters. The summed E-state index contributed by atoms with van der Waals surface area (Å²) in [5, 5.41) is 0. The molecule has 0 fully saturated rings. The first kappa shape index (κ1) is 15.0. The minimum absolute atomic E-state index is 0.503. The molecule has 18 heavy (non-hydrogen) atoms. The smallest absolute Gasteiger partial charge is 0.122 e. The van der Waals surface area contributed by atoms with Gasteiger partial charge in [0.05, 0.1) is 7.11 Å². The summed E-state index contributed by atoms with van der Waals surface area (Å²) in [5.41, 5.74) is 4.10. The third kappa shape index (κ3) is 3.74. The van der Waals surface area contributed by atoms with E-state index in [4.69, 9.17) is 4.74 Å².